The topological polar surface area (TPSA) is 78.0 Å². The van der Waals surface area contributed by atoms with Gasteiger partial charge < -0.3 is 0 Å². The normalized spacial score (nSPS) is 12.3. The summed E-state index contributed by atoms with van der Waals surface area (Å²) in [6, 6.07) is 13.4. The summed E-state index contributed by atoms with van der Waals surface area (Å²) >= 11 is 0. The van der Waals surface area contributed by atoms with Gasteiger partial charge in [0.15, 0.2) is 5.69 Å². The van der Waals surface area contributed by atoms with Crippen LogP contribution in [0.5, 0.6) is 0 Å². The molecule has 0 unspecified atom stereocenters. The number of hydrogen-bond donors (Lipinski definition) is 1. The lowest BCUT2D eigenvalue weighted by Crippen LogP contribution is -2.13. The second-order valence-corrected chi connectivity index (χ2v) is 7.22. The molecule has 0 saturated heterocycles. The van der Waals surface area contributed by atoms with Crippen molar-refractivity contribution < 1.29 is 21.6 Å². The minimum absolute atomic E-state index is 0.105. The summed E-state index contributed by atoms with van der Waals surface area (Å²) in [6.07, 6.45) is -4.64. The summed E-state index contributed by atoms with van der Waals surface area (Å²) in [6.45, 7) is 1.55. The fourth-order valence-electron chi connectivity index (χ4n) is 2.56. The van der Waals surface area contributed by atoms with Gasteiger partial charge in [-0.3, -0.25) is 0 Å². The van der Waals surface area contributed by atoms with E-state index in [1.54, 1.807) is 37.3 Å². The number of primary sulfonamides is 1. The maximum atomic E-state index is 13.2. The average molecular weight is 381 g/mol. The van der Waals surface area contributed by atoms with Gasteiger partial charge in [-0.05, 0) is 36.8 Å². The van der Waals surface area contributed by atoms with Crippen molar-refractivity contribution in [3.63, 3.8) is 0 Å². The summed E-state index contributed by atoms with van der Waals surface area (Å²) in [7, 11) is -4.01. The van der Waals surface area contributed by atoms with Crippen molar-refractivity contribution in [2.75, 3.05) is 0 Å². The molecule has 3 rings (SSSR count). The van der Waals surface area contributed by atoms with Gasteiger partial charge in [0, 0.05) is 5.56 Å². The molecule has 0 aliphatic heterocycles. The Labute approximate surface area is 147 Å². The molecule has 0 saturated carbocycles. The summed E-state index contributed by atoms with van der Waals surface area (Å²) in [5.74, 6) is 0. The molecule has 0 atom stereocenters. The van der Waals surface area contributed by atoms with E-state index in [2.05, 4.69) is 5.10 Å². The Kier molecular flexibility index (Phi) is 4.37. The standard InChI is InChI=1S/C17H14F3N3O2S/c1-11-7-8-12(9-15(11)26(21,24)25)14-10-16(17(18,19)20)22-23(14)13-5-3-2-4-6-13/h2-10H,1H3,(H2,21,24,25). The zero-order valence-corrected chi connectivity index (χ0v) is 14.3. The van der Waals surface area contributed by atoms with E-state index < -0.39 is 21.9 Å². The molecule has 5 nitrogen and oxygen atoms in total. The number of nitrogens with zero attached hydrogens (tertiary/aromatic N) is 2. The third-order valence-electron chi connectivity index (χ3n) is 3.79. The number of alkyl halides is 3. The Bertz CT molecular complexity index is 1060. The van der Waals surface area contributed by atoms with E-state index in [0.717, 1.165) is 10.7 Å². The first kappa shape index (κ1) is 18.2. The number of aromatic nitrogens is 2. The molecule has 0 aliphatic carbocycles. The first-order valence-corrected chi connectivity index (χ1v) is 8.98. The highest BCUT2D eigenvalue weighted by Gasteiger charge is 2.35. The summed E-state index contributed by atoms with van der Waals surface area (Å²) in [5, 5.41) is 8.85. The Balaban J connectivity index is 2.27. The van der Waals surface area contributed by atoms with Gasteiger partial charge in [-0.2, -0.15) is 18.3 Å². The molecule has 0 bridgehead atoms. The van der Waals surface area contributed by atoms with E-state index in [4.69, 9.17) is 5.14 Å². The van der Waals surface area contributed by atoms with E-state index in [0.29, 0.717) is 11.3 Å². The predicted octanol–water partition coefficient (Wildman–Crippen LogP) is 3.51. The number of para-hydroxylation sites is 1. The van der Waals surface area contributed by atoms with E-state index in [9.17, 15) is 21.6 Å². The van der Waals surface area contributed by atoms with E-state index >= 15 is 0 Å². The van der Waals surface area contributed by atoms with Crippen molar-refractivity contribution in [1.82, 2.24) is 9.78 Å². The number of benzene rings is 2. The third kappa shape index (κ3) is 3.49. The lowest BCUT2D eigenvalue weighted by atomic mass is 10.1. The maximum absolute atomic E-state index is 13.2. The minimum Gasteiger partial charge on any atom is -0.233 e. The van der Waals surface area contributed by atoms with Crippen molar-refractivity contribution in [2.24, 2.45) is 5.14 Å². The van der Waals surface area contributed by atoms with Crippen LogP contribution in [-0.2, 0) is 16.2 Å². The molecule has 0 radical (unpaired) electrons. The van der Waals surface area contributed by atoms with Crippen molar-refractivity contribution in [2.45, 2.75) is 18.0 Å². The number of sulfonamides is 1. The lowest BCUT2D eigenvalue weighted by molar-refractivity contribution is -0.141. The van der Waals surface area contributed by atoms with Gasteiger partial charge in [0.1, 0.15) is 0 Å². The first-order valence-electron chi connectivity index (χ1n) is 7.44. The highest BCUT2D eigenvalue weighted by atomic mass is 32.2. The summed E-state index contributed by atoms with van der Waals surface area (Å²) in [5.41, 5.74) is 0.0998. The van der Waals surface area contributed by atoms with Crippen LogP contribution in [0, 0.1) is 6.92 Å². The molecule has 0 aliphatic rings. The van der Waals surface area contributed by atoms with Gasteiger partial charge in [0.2, 0.25) is 10.0 Å². The molecule has 2 N–H and O–H groups in total. The predicted molar refractivity (Wildman–Crippen MR) is 90.1 cm³/mol. The SMILES string of the molecule is Cc1ccc(-c2cc(C(F)(F)F)nn2-c2ccccc2)cc1S(N)(=O)=O. The molecular formula is C17H14F3N3O2S. The molecule has 2 aromatic carbocycles. The van der Waals surface area contributed by atoms with Crippen LogP contribution >= 0.6 is 0 Å². The van der Waals surface area contributed by atoms with Crippen molar-refractivity contribution in [3.8, 4) is 16.9 Å². The van der Waals surface area contributed by atoms with Crippen LogP contribution in [0.15, 0.2) is 59.5 Å². The monoisotopic (exact) mass is 381 g/mol. The largest absolute Gasteiger partial charge is 0.435 e. The minimum atomic E-state index is -4.64. The molecule has 1 heterocycles. The fourth-order valence-corrected chi connectivity index (χ4v) is 3.37. The second kappa shape index (κ2) is 6.26. The van der Waals surface area contributed by atoms with Gasteiger partial charge in [0.05, 0.1) is 16.3 Å². The molecular weight excluding hydrogens is 367 g/mol. The zero-order chi connectivity index (χ0) is 19.1. The number of aryl methyl sites for hydroxylation is 1. The summed E-state index contributed by atoms with van der Waals surface area (Å²) < 4.78 is 64.1. The quantitative estimate of drug-likeness (QED) is 0.754. The molecule has 0 amide bonds. The van der Waals surface area contributed by atoms with Crippen LogP contribution in [0.25, 0.3) is 16.9 Å². The fraction of sp³-hybridized carbons (Fsp3) is 0.118. The van der Waals surface area contributed by atoms with Gasteiger partial charge in [-0.25, -0.2) is 18.2 Å². The highest BCUT2D eigenvalue weighted by Crippen LogP contribution is 2.34. The van der Waals surface area contributed by atoms with E-state index in [-0.39, 0.29) is 16.2 Å². The van der Waals surface area contributed by atoms with Crippen LogP contribution in [-0.4, -0.2) is 18.2 Å². The Morgan fingerprint density at radius 3 is 2.27 bits per heavy atom. The Morgan fingerprint density at radius 1 is 1.04 bits per heavy atom. The maximum Gasteiger partial charge on any atom is 0.435 e. The average Bonchev–Trinajstić information content (AvgIpc) is 3.00. The molecule has 0 fully saturated rings. The number of nitrogens with two attached hydrogens (primary N) is 1. The second-order valence-electron chi connectivity index (χ2n) is 5.69. The lowest BCUT2D eigenvalue weighted by Gasteiger charge is -2.10. The molecule has 136 valence electrons. The van der Waals surface area contributed by atoms with Crippen LogP contribution in [0.2, 0.25) is 0 Å². The highest BCUT2D eigenvalue weighted by molar-refractivity contribution is 7.89. The van der Waals surface area contributed by atoms with E-state index in [1.165, 1.54) is 18.2 Å². The van der Waals surface area contributed by atoms with Crippen LogP contribution in [0.4, 0.5) is 13.2 Å². The van der Waals surface area contributed by atoms with Crippen molar-refractivity contribution >= 4 is 10.0 Å². The first-order chi connectivity index (χ1) is 12.1. The molecule has 3 aromatic rings. The molecule has 9 heteroatoms. The third-order valence-corrected chi connectivity index (χ3v) is 4.84. The number of hydrogen-bond acceptors (Lipinski definition) is 3. The van der Waals surface area contributed by atoms with Gasteiger partial charge in [-0.15, -0.1) is 0 Å². The number of rotatable bonds is 3. The van der Waals surface area contributed by atoms with Crippen molar-refractivity contribution in [1.29, 1.82) is 0 Å². The van der Waals surface area contributed by atoms with Crippen LogP contribution < -0.4 is 5.14 Å². The van der Waals surface area contributed by atoms with Gasteiger partial charge in [-0.1, -0.05) is 30.3 Å². The van der Waals surface area contributed by atoms with Crippen LogP contribution in [0.3, 0.4) is 0 Å². The Morgan fingerprint density at radius 2 is 1.69 bits per heavy atom. The van der Waals surface area contributed by atoms with Crippen LogP contribution in [0.1, 0.15) is 11.3 Å². The van der Waals surface area contributed by atoms with E-state index in [1.807, 2.05) is 0 Å². The molecule has 26 heavy (non-hydrogen) atoms. The summed E-state index contributed by atoms with van der Waals surface area (Å²) in [4.78, 5) is -0.149. The molecule has 1 aromatic heterocycles. The van der Waals surface area contributed by atoms with Crippen molar-refractivity contribution in [3.05, 3.63) is 65.9 Å². The van der Waals surface area contributed by atoms with Gasteiger partial charge in [0.25, 0.3) is 0 Å². The smallest absolute Gasteiger partial charge is 0.233 e. The number of halogens is 3. The molecule has 0 spiro atoms. The Hall–Kier alpha value is -2.65. The zero-order valence-electron chi connectivity index (χ0n) is 13.5. The van der Waals surface area contributed by atoms with Gasteiger partial charge >= 0.3 is 6.18 Å².